The van der Waals surface area contributed by atoms with Crippen LogP contribution in [0.3, 0.4) is 0 Å². The van der Waals surface area contributed by atoms with E-state index in [1.54, 1.807) is 0 Å². The third kappa shape index (κ3) is 7.14. The van der Waals surface area contributed by atoms with Gasteiger partial charge in [0.15, 0.2) is 5.96 Å². The standard InChI is InChI=1S/C17H27BrN4O.HI/c1-3-19-17(20-10-12-23-4-2)21-15-9-11-22(13-15)16-7-5-14(18)6-8-16;/h5-8,15H,3-4,9-13H2,1-2H3,(H2,19,20,21);1H. The van der Waals surface area contributed by atoms with Gasteiger partial charge in [0, 0.05) is 42.4 Å². The van der Waals surface area contributed by atoms with Crippen molar-refractivity contribution in [3.05, 3.63) is 28.7 Å². The van der Waals surface area contributed by atoms with Crippen LogP contribution in [0, 0.1) is 0 Å². The van der Waals surface area contributed by atoms with E-state index in [4.69, 9.17) is 4.74 Å². The van der Waals surface area contributed by atoms with E-state index < -0.39 is 0 Å². The Balaban J connectivity index is 0.00000288. The number of hydrogen-bond acceptors (Lipinski definition) is 3. The minimum absolute atomic E-state index is 0. The van der Waals surface area contributed by atoms with Crippen molar-refractivity contribution >= 4 is 51.6 Å². The van der Waals surface area contributed by atoms with E-state index in [0.29, 0.717) is 19.2 Å². The van der Waals surface area contributed by atoms with E-state index in [1.807, 2.05) is 6.92 Å². The Bertz CT molecular complexity index is 498. The van der Waals surface area contributed by atoms with Crippen molar-refractivity contribution in [3.8, 4) is 0 Å². The number of nitrogens with one attached hydrogen (secondary N) is 2. The molecule has 0 saturated carbocycles. The largest absolute Gasteiger partial charge is 0.380 e. The maximum Gasteiger partial charge on any atom is 0.191 e. The maximum absolute atomic E-state index is 5.34. The molecule has 1 aliphatic heterocycles. The molecule has 1 aromatic rings. The number of hydrogen-bond donors (Lipinski definition) is 2. The molecule has 1 unspecified atom stereocenters. The van der Waals surface area contributed by atoms with Crippen LogP contribution >= 0.6 is 39.9 Å². The van der Waals surface area contributed by atoms with Gasteiger partial charge in [-0.15, -0.1) is 24.0 Å². The molecule has 1 heterocycles. The first-order valence-corrected chi connectivity index (χ1v) is 9.15. The van der Waals surface area contributed by atoms with Gasteiger partial charge in [0.1, 0.15) is 0 Å². The summed E-state index contributed by atoms with van der Waals surface area (Å²) in [4.78, 5) is 6.98. The Morgan fingerprint density at radius 1 is 1.33 bits per heavy atom. The number of aliphatic imine (C=N–C) groups is 1. The number of benzene rings is 1. The molecule has 0 bridgehead atoms. The predicted octanol–water partition coefficient (Wildman–Crippen LogP) is 3.24. The van der Waals surface area contributed by atoms with Crippen LogP contribution in [0.1, 0.15) is 20.3 Å². The highest BCUT2D eigenvalue weighted by molar-refractivity contribution is 14.0. The summed E-state index contributed by atoms with van der Waals surface area (Å²) in [6.45, 7) is 9.11. The van der Waals surface area contributed by atoms with Gasteiger partial charge in [-0.3, -0.25) is 4.99 Å². The first-order valence-electron chi connectivity index (χ1n) is 8.36. The highest BCUT2D eigenvalue weighted by atomic mass is 127. The lowest BCUT2D eigenvalue weighted by Crippen LogP contribution is -2.44. The average molecular weight is 511 g/mol. The molecular formula is C17H28BrIN4O. The van der Waals surface area contributed by atoms with Crippen LogP contribution in [0.15, 0.2) is 33.7 Å². The lowest BCUT2D eigenvalue weighted by molar-refractivity contribution is 0.155. The molecule has 1 aliphatic rings. The van der Waals surface area contributed by atoms with Gasteiger partial charge in [0.25, 0.3) is 0 Å². The topological polar surface area (TPSA) is 48.9 Å². The van der Waals surface area contributed by atoms with Crippen molar-refractivity contribution in [2.24, 2.45) is 4.99 Å². The number of ether oxygens (including phenoxy) is 1. The zero-order valence-corrected chi connectivity index (χ0v) is 18.3. The average Bonchev–Trinajstić information content (AvgIpc) is 3.01. The fourth-order valence-corrected chi connectivity index (χ4v) is 2.91. The quantitative estimate of drug-likeness (QED) is 0.256. The Morgan fingerprint density at radius 3 is 2.75 bits per heavy atom. The number of rotatable bonds is 7. The van der Waals surface area contributed by atoms with Gasteiger partial charge < -0.3 is 20.3 Å². The van der Waals surface area contributed by atoms with Crippen molar-refractivity contribution in [3.63, 3.8) is 0 Å². The molecule has 1 aromatic carbocycles. The fourth-order valence-electron chi connectivity index (χ4n) is 2.64. The summed E-state index contributed by atoms with van der Waals surface area (Å²) in [5.41, 5.74) is 1.27. The lowest BCUT2D eigenvalue weighted by Gasteiger charge is -2.20. The normalized spacial score (nSPS) is 17.5. The minimum atomic E-state index is 0. The summed E-state index contributed by atoms with van der Waals surface area (Å²) in [7, 11) is 0. The summed E-state index contributed by atoms with van der Waals surface area (Å²) < 4.78 is 6.46. The molecule has 0 radical (unpaired) electrons. The summed E-state index contributed by atoms with van der Waals surface area (Å²) in [5, 5.41) is 6.84. The second-order valence-electron chi connectivity index (χ2n) is 5.51. The molecule has 136 valence electrons. The number of guanidine groups is 1. The van der Waals surface area contributed by atoms with Crippen LogP contribution in [0.5, 0.6) is 0 Å². The van der Waals surface area contributed by atoms with Crippen LogP contribution in [-0.2, 0) is 4.74 Å². The second-order valence-corrected chi connectivity index (χ2v) is 6.43. The van der Waals surface area contributed by atoms with Gasteiger partial charge in [-0.05, 0) is 44.5 Å². The summed E-state index contributed by atoms with van der Waals surface area (Å²) in [6.07, 6.45) is 1.12. The molecule has 2 N–H and O–H groups in total. The third-order valence-electron chi connectivity index (χ3n) is 3.77. The number of nitrogens with zero attached hydrogens (tertiary/aromatic N) is 2. The third-order valence-corrected chi connectivity index (χ3v) is 4.30. The highest BCUT2D eigenvalue weighted by Crippen LogP contribution is 2.22. The predicted molar refractivity (Wildman–Crippen MR) is 116 cm³/mol. The monoisotopic (exact) mass is 510 g/mol. The zero-order chi connectivity index (χ0) is 16.5. The van der Waals surface area contributed by atoms with Gasteiger partial charge in [-0.25, -0.2) is 0 Å². The van der Waals surface area contributed by atoms with Gasteiger partial charge in [0.2, 0.25) is 0 Å². The lowest BCUT2D eigenvalue weighted by atomic mass is 10.3. The Morgan fingerprint density at radius 2 is 2.08 bits per heavy atom. The molecule has 5 nitrogen and oxygen atoms in total. The summed E-state index contributed by atoms with van der Waals surface area (Å²) >= 11 is 3.49. The van der Waals surface area contributed by atoms with E-state index in [0.717, 1.165) is 43.1 Å². The first-order chi connectivity index (χ1) is 11.2. The van der Waals surface area contributed by atoms with Gasteiger partial charge >= 0.3 is 0 Å². The smallest absolute Gasteiger partial charge is 0.191 e. The SMILES string of the molecule is CCNC(=NCCOCC)NC1CCN(c2ccc(Br)cc2)C1.I. The van der Waals surface area contributed by atoms with Crippen LogP contribution in [0.2, 0.25) is 0 Å². The molecule has 1 fully saturated rings. The van der Waals surface area contributed by atoms with E-state index in [-0.39, 0.29) is 24.0 Å². The first kappa shape index (κ1) is 21.5. The van der Waals surface area contributed by atoms with E-state index in [9.17, 15) is 0 Å². The van der Waals surface area contributed by atoms with Crippen LogP contribution in [-0.4, -0.2) is 51.4 Å². The molecule has 0 amide bonds. The van der Waals surface area contributed by atoms with Crippen molar-refractivity contribution in [2.75, 3.05) is 44.3 Å². The molecule has 7 heteroatoms. The molecule has 24 heavy (non-hydrogen) atoms. The van der Waals surface area contributed by atoms with Gasteiger partial charge in [-0.2, -0.15) is 0 Å². The highest BCUT2D eigenvalue weighted by Gasteiger charge is 2.23. The Labute approximate surface area is 170 Å². The molecule has 0 spiro atoms. The van der Waals surface area contributed by atoms with Crippen molar-refractivity contribution in [2.45, 2.75) is 26.3 Å². The Kier molecular flexibility index (Phi) is 10.7. The van der Waals surface area contributed by atoms with Gasteiger partial charge in [-0.1, -0.05) is 15.9 Å². The molecule has 0 aliphatic carbocycles. The molecule has 2 rings (SSSR count). The summed E-state index contributed by atoms with van der Waals surface area (Å²) in [6, 6.07) is 8.93. The maximum atomic E-state index is 5.34. The molecular weight excluding hydrogens is 483 g/mol. The van der Waals surface area contributed by atoms with Gasteiger partial charge in [0.05, 0.1) is 13.2 Å². The van der Waals surface area contributed by atoms with Crippen molar-refractivity contribution in [1.29, 1.82) is 0 Å². The van der Waals surface area contributed by atoms with Crippen molar-refractivity contribution in [1.82, 2.24) is 10.6 Å². The zero-order valence-electron chi connectivity index (χ0n) is 14.4. The van der Waals surface area contributed by atoms with E-state index in [2.05, 4.69) is 67.6 Å². The van der Waals surface area contributed by atoms with E-state index in [1.165, 1.54) is 5.69 Å². The van der Waals surface area contributed by atoms with E-state index >= 15 is 0 Å². The van der Waals surface area contributed by atoms with Crippen molar-refractivity contribution < 1.29 is 4.74 Å². The molecule has 1 saturated heterocycles. The molecule has 0 aromatic heterocycles. The molecule has 1 atom stereocenters. The van der Waals surface area contributed by atoms with Crippen LogP contribution in [0.4, 0.5) is 5.69 Å². The number of anilines is 1. The van der Waals surface area contributed by atoms with Crippen LogP contribution < -0.4 is 15.5 Å². The number of halogens is 2. The van der Waals surface area contributed by atoms with Crippen LogP contribution in [0.25, 0.3) is 0 Å². The second kappa shape index (κ2) is 11.9. The minimum Gasteiger partial charge on any atom is -0.380 e. The summed E-state index contributed by atoms with van der Waals surface area (Å²) in [5.74, 6) is 0.884. The fraction of sp³-hybridized carbons (Fsp3) is 0.588. The Hall–Kier alpha value is -0.540.